The standard InChI is InChI=1S/C16H32N2O/c1-4-16(5-2,13-19)12-18-10-8-15-14(11-18)7-6-9-17(15)3/h14-15,19H,4-13H2,1-3H3. The molecule has 2 unspecified atom stereocenters. The van der Waals surface area contributed by atoms with Crippen LogP contribution in [0.5, 0.6) is 0 Å². The third-order valence-electron chi connectivity index (χ3n) is 5.82. The molecule has 0 spiro atoms. The Morgan fingerprint density at radius 3 is 2.53 bits per heavy atom. The first-order valence-corrected chi connectivity index (χ1v) is 8.17. The van der Waals surface area contributed by atoms with E-state index in [0.29, 0.717) is 6.61 Å². The summed E-state index contributed by atoms with van der Waals surface area (Å²) in [6.07, 6.45) is 6.25. The van der Waals surface area contributed by atoms with Gasteiger partial charge in [0.05, 0.1) is 0 Å². The van der Waals surface area contributed by atoms with Gasteiger partial charge in [-0.3, -0.25) is 0 Å². The van der Waals surface area contributed by atoms with Crippen LogP contribution in [-0.4, -0.2) is 60.8 Å². The van der Waals surface area contributed by atoms with E-state index in [-0.39, 0.29) is 5.41 Å². The minimum Gasteiger partial charge on any atom is -0.396 e. The predicted octanol–water partition coefficient (Wildman–Crippen LogP) is 2.20. The van der Waals surface area contributed by atoms with Crippen LogP contribution in [0.2, 0.25) is 0 Å². The molecule has 3 nitrogen and oxygen atoms in total. The Bertz CT molecular complexity index is 270. The second kappa shape index (κ2) is 6.55. The Morgan fingerprint density at radius 2 is 1.89 bits per heavy atom. The quantitative estimate of drug-likeness (QED) is 0.828. The Labute approximate surface area is 119 Å². The third kappa shape index (κ3) is 3.32. The zero-order valence-corrected chi connectivity index (χ0v) is 13.1. The van der Waals surface area contributed by atoms with Gasteiger partial charge in [0, 0.05) is 31.2 Å². The summed E-state index contributed by atoms with van der Waals surface area (Å²) in [6.45, 7) is 9.62. The van der Waals surface area contributed by atoms with Crippen LogP contribution in [0.1, 0.15) is 46.0 Å². The van der Waals surface area contributed by atoms with Crippen molar-refractivity contribution < 1.29 is 5.11 Å². The smallest absolute Gasteiger partial charge is 0.0499 e. The Balaban J connectivity index is 1.93. The lowest BCUT2D eigenvalue weighted by atomic mass is 9.80. The molecule has 0 aromatic heterocycles. The van der Waals surface area contributed by atoms with Gasteiger partial charge in [-0.15, -0.1) is 0 Å². The zero-order chi connectivity index (χ0) is 13.9. The van der Waals surface area contributed by atoms with Crippen LogP contribution in [0.25, 0.3) is 0 Å². The van der Waals surface area contributed by atoms with Crippen LogP contribution in [0.15, 0.2) is 0 Å². The first-order chi connectivity index (χ1) is 9.14. The van der Waals surface area contributed by atoms with Gasteiger partial charge < -0.3 is 14.9 Å². The summed E-state index contributed by atoms with van der Waals surface area (Å²) in [4.78, 5) is 5.20. The molecule has 2 aliphatic rings. The second-order valence-corrected chi connectivity index (χ2v) is 6.84. The molecule has 0 saturated carbocycles. The second-order valence-electron chi connectivity index (χ2n) is 6.84. The van der Waals surface area contributed by atoms with Gasteiger partial charge >= 0.3 is 0 Å². The van der Waals surface area contributed by atoms with E-state index in [1.807, 2.05) is 0 Å². The summed E-state index contributed by atoms with van der Waals surface area (Å²) in [5, 5.41) is 9.75. The molecule has 0 aromatic rings. The molecule has 0 aromatic carbocycles. The molecule has 2 aliphatic heterocycles. The molecule has 112 valence electrons. The van der Waals surface area contributed by atoms with Gasteiger partial charge in [0.25, 0.3) is 0 Å². The fourth-order valence-corrected chi connectivity index (χ4v) is 4.09. The number of nitrogens with zero attached hydrogens (tertiary/aromatic N) is 2. The third-order valence-corrected chi connectivity index (χ3v) is 5.82. The highest BCUT2D eigenvalue weighted by molar-refractivity contribution is 4.91. The molecule has 0 aliphatic carbocycles. The van der Waals surface area contributed by atoms with Crippen molar-refractivity contribution in [2.24, 2.45) is 11.3 Å². The Morgan fingerprint density at radius 1 is 1.16 bits per heavy atom. The Kier molecular flexibility index (Phi) is 5.27. The maximum absolute atomic E-state index is 9.75. The van der Waals surface area contributed by atoms with Crippen LogP contribution < -0.4 is 0 Å². The first kappa shape index (κ1) is 15.3. The molecule has 2 heterocycles. The van der Waals surface area contributed by atoms with Gasteiger partial charge in [0.1, 0.15) is 0 Å². The highest BCUT2D eigenvalue weighted by Crippen LogP contribution is 2.33. The normalized spacial score (nSPS) is 30.3. The van der Waals surface area contributed by atoms with Crippen LogP contribution in [0, 0.1) is 11.3 Å². The van der Waals surface area contributed by atoms with Crippen LogP contribution in [0.4, 0.5) is 0 Å². The predicted molar refractivity (Wildman–Crippen MR) is 80.3 cm³/mol. The number of aliphatic hydroxyl groups excluding tert-OH is 1. The van der Waals surface area contributed by atoms with E-state index in [1.54, 1.807) is 0 Å². The molecule has 0 bridgehead atoms. The number of hydrogen-bond donors (Lipinski definition) is 1. The maximum Gasteiger partial charge on any atom is 0.0499 e. The molecule has 2 saturated heterocycles. The average molecular weight is 268 g/mol. The van der Waals surface area contributed by atoms with Gasteiger partial charge in [-0.2, -0.15) is 0 Å². The van der Waals surface area contributed by atoms with Crippen molar-refractivity contribution >= 4 is 0 Å². The summed E-state index contributed by atoms with van der Waals surface area (Å²) in [5.41, 5.74) is 0.132. The SMILES string of the molecule is CCC(CC)(CO)CN1CCC2C(CCCN2C)C1. The molecule has 2 fully saturated rings. The monoisotopic (exact) mass is 268 g/mol. The molecule has 0 radical (unpaired) electrons. The molecule has 1 N–H and O–H groups in total. The average Bonchev–Trinajstić information content (AvgIpc) is 2.45. The van der Waals surface area contributed by atoms with Crippen molar-refractivity contribution in [1.29, 1.82) is 0 Å². The van der Waals surface area contributed by atoms with Gasteiger partial charge in [-0.25, -0.2) is 0 Å². The molecule has 0 amide bonds. The van der Waals surface area contributed by atoms with Crippen molar-refractivity contribution in [2.45, 2.75) is 52.0 Å². The number of aliphatic hydroxyl groups is 1. The van der Waals surface area contributed by atoms with Gasteiger partial charge in [-0.1, -0.05) is 13.8 Å². The van der Waals surface area contributed by atoms with E-state index >= 15 is 0 Å². The molecular formula is C16H32N2O. The van der Waals surface area contributed by atoms with E-state index in [4.69, 9.17) is 0 Å². The van der Waals surface area contributed by atoms with E-state index < -0.39 is 0 Å². The lowest BCUT2D eigenvalue weighted by Crippen LogP contribution is -2.54. The first-order valence-electron chi connectivity index (χ1n) is 8.17. The van der Waals surface area contributed by atoms with E-state index in [1.165, 1.54) is 38.9 Å². The van der Waals surface area contributed by atoms with Crippen molar-refractivity contribution in [2.75, 3.05) is 39.8 Å². The number of fused-ring (bicyclic) bond motifs is 1. The van der Waals surface area contributed by atoms with Gasteiger partial charge in [0.15, 0.2) is 0 Å². The highest BCUT2D eigenvalue weighted by Gasteiger charge is 2.36. The topological polar surface area (TPSA) is 26.7 Å². The van der Waals surface area contributed by atoms with Crippen molar-refractivity contribution in [3.05, 3.63) is 0 Å². The molecular weight excluding hydrogens is 236 g/mol. The summed E-state index contributed by atoms with van der Waals surface area (Å²) >= 11 is 0. The number of hydrogen-bond acceptors (Lipinski definition) is 3. The summed E-state index contributed by atoms with van der Waals surface area (Å²) in [6, 6.07) is 0.816. The summed E-state index contributed by atoms with van der Waals surface area (Å²) < 4.78 is 0. The fraction of sp³-hybridized carbons (Fsp3) is 1.00. The molecule has 2 rings (SSSR count). The zero-order valence-electron chi connectivity index (χ0n) is 13.1. The Hall–Kier alpha value is -0.120. The summed E-state index contributed by atoms with van der Waals surface area (Å²) in [7, 11) is 2.29. The summed E-state index contributed by atoms with van der Waals surface area (Å²) in [5.74, 6) is 0.859. The van der Waals surface area contributed by atoms with Gasteiger partial charge in [0.2, 0.25) is 0 Å². The number of likely N-dealkylation sites (tertiary alicyclic amines) is 2. The highest BCUT2D eigenvalue weighted by atomic mass is 16.3. The number of piperidine rings is 2. The molecule has 3 heteroatoms. The van der Waals surface area contributed by atoms with Crippen molar-refractivity contribution in [1.82, 2.24) is 9.80 Å². The van der Waals surface area contributed by atoms with Crippen LogP contribution >= 0.6 is 0 Å². The number of rotatable bonds is 5. The van der Waals surface area contributed by atoms with Crippen molar-refractivity contribution in [3.63, 3.8) is 0 Å². The van der Waals surface area contributed by atoms with Crippen LogP contribution in [-0.2, 0) is 0 Å². The maximum atomic E-state index is 9.75. The van der Waals surface area contributed by atoms with Crippen LogP contribution in [0.3, 0.4) is 0 Å². The molecule has 19 heavy (non-hydrogen) atoms. The van der Waals surface area contributed by atoms with Gasteiger partial charge in [-0.05, 0) is 58.2 Å². The van der Waals surface area contributed by atoms with E-state index in [0.717, 1.165) is 31.3 Å². The minimum absolute atomic E-state index is 0.132. The van der Waals surface area contributed by atoms with Crippen molar-refractivity contribution in [3.8, 4) is 0 Å². The largest absolute Gasteiger partial charge is 0.396 e. The fourth-order valence-electron chi connectivity index (χ4n) is 4.09. The van der Waals surface area contributed by atoms with E-state index in [9.17, 15) is 5.11 Å². The lowest BCUT2D eigenvalue weighted by Gasteiger charge is -2.48. The minimum atomic E-state index is 0.132. The van der Waals surface area contributed by atoms with E-state index in [2.05, 4.69) is 30.7 Å². The lowest BCUT2D eigenvalue weighted by molar-refractivity contribution is 0.00230. The molecule has 2 atom stereocenters.